The van der Waals surface area contributed by atoms with E-state index in [1.54, 1.807) is 49.6 Å². The lowest BCUT2D eigenvalue weighted by molar-refractivity contribution is -0.113. The average molecular weight is 458 g/mol. The Kier molecular flexibility index (Phi) is 6.33. The molecule has 0 radical (unpaired) electrons. The third-order valence-electron chi connectivity index (χ3n) is 4.46. The number of fused-ring (bicyclic) bond motifs is 1. The van der Waals surface area contributed by atoms with Crippen LogP contribution in [0.4, 0.5) is 11.4 Å². The first-order valence-corrected chi connectivity index (χ1v) is 10.1. The number of benzene rings is 2. The van der Waals surface area contributed by atoms with Gasteiger partial charge in [-0.15, -0.1) is 0 Å². The highest BCUT2D eigenvalue weighted by molar-refractivity contribution is 9.09. The standard InChI is InChI=1S/C21H20BrN3O4/c1-3-25(13-7-9-14(29-2)10-8-13)21(28)16-11-15-17(23-19(26)12-22)5-4-6-18(15)24-20(16)27/h4-11H,3,12H2,1-2H3,(H,23,26)(H,24,27). The highest BCUT2D eigenvalue weighted by atomic mass is 79.9. The van der Waals surface area contributed by atoms with Crippen LogP contribution in [0, 0.1) is 0 Å². The third-order valence-corrected chi connectivity index (χ3v) is 4.97. The van der Waals surface area contributed by atoms with Gasteiger partial charge >= 0.3 is 0 Å². The van der Waals surface area contributed by atoms with Crippen LogP contribution in [-0.4, -0.2) is 35.8 Å². The first kappa shape index (κ1) is 20.6. The van der Waals surface area contributed by atoms with Crippen LogP contribution in [0.25, 0.3) is 10.9 Å². The summed E-state index contributed by atoms with van der Waals surface area (Å²) in [5, 5.41) is 3.48. The van der Waals surface area contributed by atoms with Crippen molar-refractivity contribution in [3.63, 3.8) is 0 Å². The van der Waals surface area contributed by atoms with Crippen LogP contribution in [0.5, 0.6) is 5.75 Å². The summed E-state index contributed by atoms with van der Waals surface area (Å²) in [6, 6.07) is 13.7. The second-order valence-corrected chi connectivity index (χ2v) is 6.77. The van der Waals surface area contributed by atoms with E-state index < -0.39 is 11.5 Å². The summed E-state index contributed by atoms with van der Waals surface area (Å²) in [5.74, 6) is 0.0143. The number of hydrogen-bond acceptors (Lipinski definition) is 4. The van der Waals surface area contributed by atoms with Gasteiger partial charge in [-0.2, -0.15) is 0 Å². The van der Waals surface area contributed by atoms with E-state index in [9.17, 15) is 14.4 Å². The van der Waals surface area contributed by atoms with Crippen LogP contribution in [0.1, 0.15) is 17.3 Å². The summed E-state index contributed by atoms with van der Waals surface area (Å²) < 4.78 is 5.15. The molecule has 0 aliphatic heterocycles. The van der Waals surface area contributed by atoms with Crippen molar-refractivity contribution in [1.82, 2.24) is 4.98 Å². The van der Waals surface area contributed by atoms with Crippen molar-refractivity contribution in [2.45, 2.75) is 6.92 Å². The van der Waals surface area contributed by atoms with E-state index in [4.69, 9.17) is 4.74 Å². The third kappa shape index (κ3) is 4.32. The number of alkyl halides is 1. The molecule has 29 heavy (non-hydrogen) atoms. The maximum absolute atomic E-state index is 13.2. The Balaban J connectivity index is 2.05. The van der Waals surface area contributed by atoms with Gasteiger partial charge in [-0.05, 0) is 49.4 Å². The molecule has 0 atom stereocenters. The molecule has 2 aromatic carbocycles. The van der Waals surface area contributed by atoms with E-state index in [0.717, 1.165) is 0 Å². The highest BCUT2D eigenvalue weighted by Gasteiger charge is 2.21. The van der Waals surface area contributed by atoms with Crippen LogP contribution in [0.3, 0.4) is 0 Å². The van der Waals surface area contributed by atoms with E-state index in [-0.39, 0.29) is 16.8 Å². The van der Waals surface area contributed by atoms with Crippen molar-refractivity contribution in [3.05, 3.63) is 64.4 Å². The second kappa shape index (κ2) is 8.91. The predicted octanol–water partition coefficient (Wildman–Crippen LogP) is 3.54. The van der Waals surface area contributed by atoms with E-state index in [0.29, 0.717) is 34.6 Å². The first-order valence-electron chi connectivity index (χ1n) is 8.96. The number of carbonyl (C=O) groups excluding carboxylic acids is 2. The van der Waals surface area contributed by atoms with Crippen molar-refractivity contribution in [2.24, 2.45) is 0 Å². The minimum Gasteiger partial charge on any atom is -0.497 e. The van der Waals surface area contributed by atoms with Crippen molar-refractivity contribution in [1.29, 1.82) is 0 Å². The zero-order chi connectivity index (χ0) is 21.0. The van der Waals surface area contributed by atoms with Crippen molar-refractivity contribution in [2.75, 3.05) is 29.2 Å². The number of rotatable bonds is 6. The van der Waals surface area contributed by atoms with Gasteiger partial charge in [0, 0.05) is 17.6 Å². The first-order chi connectivity index (χ1) is 14.0. The molecule has 0 bridgehead atoms. The number of methoxy groups -OCH3 is 1. The molecule has 0 spiro atoms. The number of nitrogens with one attached hydrogen (secondary N) is 2. The van der Waals surface area contributed by atoms with Gasteiger partial charge in [0.15, 0.2) is 0 Å². The summed E-state index contributed by atoms with van der Waals surface area (Å²) in [7, 11) is 1.57. The molecule has 0 unspecified atom stereocenters. The summed E-state index contributed by atoms with van der Waals surface area (Å²) in [5.41, 5.74) is 1.21. The molecule has 1 heterocycles. The lowest BCUT2D eigenvalue weighted by atomic mass is 10.1. The number of carbonyl (C=O) groups is 2. The molecule has 0 aliphatic rings. The molecule has 150 valence electrons. The molecule has 3 aromatic rings. The fourth-order valence-corrected chi connectivity index (χ4v) is 3.17. The van der Waals surface area contributed by atoms with E-state index >= 15 is 0 Å². The Morgan fingerprint density at radius 1 is 1.17 bits per heavy atom. The van der Waals surface area contributed by atoms with Crippen LogP contribution < -0.4 is 20.5 Å². The molecule has 7 nitrogen and oxygen atoms in total. The SMILES string of the molecule is CCN(C(=O)c1cc2c(NC(=O)CBr)cccc2[nH]c1=O)c1ccc(OC)cc1. The molecule has 3 rings (SSSR count). The van der Waals surface area contributed by atoms with Gasteiger partial charge in [-0.3, -0.25) is 14.4 Å². The Morgan fingerprint density at radius 3 is 2.52 bits per heavy atom. The largest absolute Gasteiger partial charge is 0.497 e. The molecular formula is C21H20BrN3O4. The second-order valence-electron chi connectivity index (χ2n) is 6.21. The number of halogens is 1. The van der Waals surface area contributed by atoms with Crippen molar-refractivity contribution in [3.8, 4) is 5.75 Å². The number of aromatic nitrogens is 1. The van der Waals surface area contributed by atoms with Crippen molar-refractivity contribution >= 4 is 50.0 Å². The topological polar surface area (TPSA) is 91.5 Å². The minimum absolute atomic E-state index is 0.00397. The summed E-state index contributed by atoms with van der Waals surface area (Å²) >= 11 is 3.11. The zero-order valence-corrected chi connectivity index (χ0v) is 17.6. The van der Waals surface area contributed by atoms with Crippen LogP contribution in [0.15, 0.2) is 53.3 Å². The van der Waals surface area contributed by atoms with Gasteiger partial charge < -0.3 is 19.9 Å². The molecule has 2 amide bonds. The van der Waals surface area contributed by atoms with Gasteiger partial charge in [-0.1, -0.05) is 22.0 Å². The number of anilines is 2. The van der Waals surface area contributed by atoms with E-state index in [1.165, 1.54) is 11.0 Å². The lowest BCUT2D eigenvalue weighted by Gasteiger charge is -2.21. The molecule has 0 saturated carbocycles. The molecule has 2 N–H and O–H groups in total. The zero-order valence-electron chi connectivity index (χ0n) is 16.0. The van der Waals surface area contributed by atoms with Gasteiger partial charge in [0.05, 0.1) is 23.6 Å². The van der Waals surface area contributed by atoms with Crippen molar-refractivity contribution < 1.29 is 14.3 Å². The molecule has 0 saturated heterocycles. The number of amides is 2. The normalized spacial score (nSPS) is 10.6. The number of pyridine rings is 1. The number of nitrogens with zero attached hydrogens (tertiary/aromatic N) is 1. The van der Waals surface area contributed by atoms with Gasteiger partial charge in [0.2, 0.25) is 5.91 Å². The van der Waals surface area contributed by atoms with E-state index in [2.05, 4.69) is 26.2 Å². The molecule has 0 fully saturated rings. The van der Waals surface area contributed by atoms with E-state index in [1.807, 2.05) is 6.92 Å². The Labute approximate surface area is 175 Å². The Hall–Kier alpha value is -3.13. The fourth-order valence-electron chi connectivity index (χ4n) is 3.03. The molecular weight excluding hydrogens is 438 g/mol. The van der Waals surface area contributed by atoms with Crippen LogP contribution in [-0.2, 0) is 4.79 Å². The Bertz CT molecular complexity index is 1110. The minimum atomic E-state index is -0.488. The molecule has 8 heteroatoms. The highest BCUT2D eigenvalue weighted by Crippen LogP contribution is 2.24. The number of ether oxygens (including phenoxy) is 1. The molecule has 1 aromatic heterocycles. The Morgan fingerprint density at radius 2 is 1.90 bits per heavy atom. The number of H-pyrrole nitrogens is 1. The van der Waals surface area contributed by atoms with Crippen LogP contribution >= 0.6 is 15.9 Å². The van der Waals surface area contributed by atoms with Gasteiger partial charge in [-0.25, -0.2) is 0 Å². The summed E-state index contributed by atoms with van der Waals surface area (Å²) in [4.78, 5) is 41.8. The lowest BCUT2D eigenvalue weighted by Crippen LogP contribution is -2.34. The summed E-state index contributed by atoms with van der Waals surface area (Å²) in [6.45, 7) is 2.21. The van der Waals surface area contributed by atoms with Crippen LogP contribution in [0.2, 0.25) is 0 Å². The quantitative estimate of drug-likeness (QED) is 0.553. The summed E-state index contributed by atoms with van der Waals surface area (Å²) in [6.07, 6.45) is 0. The smallest absolute Gasteiger partial charge is 0.263 e. The predicted molar refractivity (Wildman–Crippen MR) is 117 cm³/mol. The van der Waals surface area contributed by atoms with Gasteiger partial charge in [0.1, 0.15) is 11.3 Å². The van der Waals surface area contributed by atoms with Gasteiger partial charge in [0.25, 0.3) is 11.5 Å². The average Bonchev–Trinajstić information content (AvgIpc) is 2.74. The molecule has 0 aliphatic carbocycles. The number of aromatic amines is 1. The number of hydrogen-bond donors (Lipinski definition) is 2. The fraction of sp³-hybridized carbons (Fsp3) is 0.190. The monoisotopic (exact) mass is 457 g/mol. The maximum atomic E-state index is 13.2. The maximum Gasteiger partial charge on any atom is 0.263 e.